The number of hydrogen-bond donors (Lipinski definition) is 4. The number of aryl methyl sites for hydroxylation is 1. The lowest BCUT2D eigenvalue weighted by molar-refractivity contribution is -0.462. The number of aromatic hydroxyl groups is 1. The van der Waals surface area contributed by atoms with Crippen LogP contribution in [0.4, 0.5) is 0 Å². The molecule has 0 fully saturated rings. The van der Waals surface area contributed by atoms with Gasteiger partial charge in [-0.2, -0.15) is 5.10 Å². The summed E-state index contributed by atoms with van der Waals surface area (Å²) in [5.74, 6) is -1.30. The zero-order valence-corrected chi connectivity index (χ0v) is 13.5. The normalized spacial score (nSPS) is 12.1. The first-order chi connectivity index (χ1) is 11.9. The molecule has 1 atom stereocenters. The second-order valence-electron chi connectivity index (χ2n) is 5.49. The maximum Gasteiger partial charge on any atom is 0.393 e. The van der Waals surface area contributed by atoms with Crippen molar-refractivity contribution in [1.82, 2.24) is 15.1 Å². The third-order valence-corrected chi connectivity index (χ3v) is 4.00. The van der Waals surface area contributed by atoms with Crippen LogP contribution in [0.25, 0.3) is 0 Å². The molecule has 0 aliphatic carbocycles. The predicted octanol–water partition coefficient (Wildman–Crippen LogP) is -0.518. The van der Waals surface area contributed by atoms with E-state index in [-0.39, 0.29) is 11.4 Å². The molecular weight excluding hydrogens is 328 g/mol. The van der Waals surface area contributed by atoms with Crippen LogP contribution in [0.3, 0.4) is 0 Å². The Labute approximate surface area is 141 Å². The minimum atomic E-state index is -0.887. The third kappa shape index (κ3) is 2.87. The molecule has 3 rings (SSSR count). The summed E-state index contributed by atoms with van der Waals surface area (Å²) < 4.78 is 5.12. The number of H-pyrrole nitrogens is 4. The number of benzene rings is 1. The van der Waals surface area contributed by atoms with Gasteiger partial charge >= 0.3 is 11.6 Å². The van der Waals surface area contributed by atoms with Crippen molar-refractivity contribution >= 4 is 0 Å². The third-order valence-electron chi connectivity index (χ3n) is 4.00. The molecule has 5 N–H and O–H groups in total. The van der Waals surface area contributed by atoms with Crippen LogP contribution in [0.1, 0.15) is 28.3 Å². The van der Waals surface area contributed by atoms with Gasteiger partial charge in [0.05, 0.1) is 18.7 Å². The summed E-state index contributed by atoms with van der Waals surface area (Å²) >= 11 is 0. The van der Waals surface area contributed by atoms with Crippen LogP contribution in [0.5, 0.6) is 17.5 Å². The first kappa shape index (κ1) is 16.4. The SMILES string of the molecule is COc1ccc([C@H](c2c(C)[nH][nH+]c2O)c2c([O-])[nH]c(=O)[nH]c2=O)cc1. The van der Waals surface area contributed by atoms with Crippen LogP contribution < -0.4 is 26.2 Å². The van der Waals surface area contributed by atoms with Crippen molar-refractivity contribution in [2.45, 2.75) is 12.8 Å². The molecule has 0 aliphatic heterocycles. The van der Waals surface area contributed by atoms with E-state index in [1.807, 2.05) is 0 Å². The summed E-state index contributed by atoms with van der Waals surface area (Å²) in [7, 11) is 1.52. The molecule has 0 saturated carbocycles. The molecule has 0 saturated heterocycles. The van der Waals surface area contributed by atoms with Gasteiger partial charge in [-0.15, -0.1) is 0 Å². The fourth-order valence-electron chi connectivity index (χ4n) is 2.83. The van der Waals surface area contributed by atoms with Gasteiger partial charge in [0.2, 0.25) is 0 Å². The van der Waals surface area contributed by atoms with Crippen molar-refractivity contribution in [2.75, 3.05) is 7.11 Å². The number of methoxy groups -OCH3 is 1. The highest BCUT2D eigenvalue weighted by atomic mass is 16.5. The molecule has 0 aliphatic rings. The highest BCUT2D eigenvalue weighted by Crippen LogP contribution is 2.37. The molecule has 2 aromatic heterocycles. The molecule has 0 radical (unpaired) electrons. The van der Waals surface area contributed by atoms with E-state index < -0.39 is 23.0 Å². The van der Waals surface area contributed by atoms with Crippen molar-refractivity contribution < 1.29 is 20.0 Å². The minimum absolute atomic E-state index is 0.198. The first-order valence-electron chi connectivity index (χ1n) is 7.39. The van der Waals surface area contributed by atoms with Crippen molar-refractivity contribution in [1.29, 1.82) is 0 Å². The highest BCUT2D eigenvalue weighted by molar-refractivity contribution is 5.49. The summed E-state index contributed by atoms with van der Waals surface area (Å²) in [5, 5.41) is 27.8. The van der Waals surface area contributed by atoms with Gasteiger partial charge in [0.25, 0.3) is 5.56 Å². The Kier molecular flexibility index (Phi) is 4.05. The monoisotopic (exact) mass is 344 g/mol. The van der Waals surface area contributed by atoms with E-state index in [9.17, 15) is 19.8 Å². The topological polar surface area (TPSA) is 148 Å². The Morgan fingerprint density at radius 2 is 1.84 bits per heavy atom. The number of nitrogens with one attached hydrogen (secondary N) is 4. The Morgan fingerprint density at radius 1 is 1.16 bits per heavy atom. The molecular formula is C16H16N4O5. The predicted molar refractivity (Wildman–Crippen MR) is 84.8 cm³/mol. The fraction of sp³-hybridized carbons (Fsp3) is 0.188. The van der Waals surface area contributed by atoms with E-state index in [1.54, 1.807) is 31.2 Å². The summed E-state index contributed by atoms with van der Waals surface area (Å²) in [6.07, 6.45) is 0. The van der Waals surface area contributed by atoms with Gasteiger partial charge in [0, 0.05) is 5.56 Å². The van der Waals surface area contributed by atoms with E-state index in [2.05, 4.69) is 20.2 Å². The molecule has 9 nitrogen and oxygen atoms in total. The van der Waals surface area contributed by atoms with E-state index in [0.717, 1.165) is 0 Å². The zero-order valence-electron chi connectivity index (χ0n) is 13.5. The summed E-state index contributed by atoms with van der Waals surface area (Å²) in [6.45, 7) is 1.69. The maximum atomic E-state index is 12.3. The van der Waals surface area contributed by atoms with Gasteiger partial charge in [0.15, 0.2) is 0 Å². The molecule has 1 aromatic carbocycles. The molecule has 3 aromatic rings. The van der Waals surface area contributed by atoms with Gasteiger partial charge in [-0.3, -0.25) is 9.78 Å². The lowest BCUT2D eigenvalue weighted by Gasteiger charge is -2.21. The largest absolute Gasteiger partial charge is 0.860 e. The number of aromatic amines is 4. The Bertz CT molecular complexity index is 997. The van der Waals surface area contributed by atoms with Crippen molar-refractivity contribution in [3.63, 3.8) is 0 Å². The van der Waals surface area contributed by atoms with Crippen LogP contribution in [0.15, 0.2) is 33.9 Å². The number of aromatic nitrogens is 4. The van der Waals surface area contributed by atoms with Gasteiger partial charge in [-0.05, 0) is 30.5 Å². The summed E-state index contributed by atoms with van der Waals surface area (Å²) in [5.41, 5.74) is -0.440. The molecule has 130 valence electrons. The molecule has 0 bridgehead atoms. The number of ether oxygens (including phenoxy) is 1. The van der Waals surface area contributed by atoms with E-state index in [4.69, 9.17) is 4.74 Å². The summed E-state index contributed by atoms with van der Waals surface area (Å²) in [6, 6.07) is 6.71. The minimum Gasteiger partial charge on any atom is -0.860 e. The molecule has 2 heterocycles. The lowest BCUT2D eigenvalue weighted by atomic mass is 9.86. The second-order valence-corrected chi connectivity index (χ2v) is 5.49. The standard InChI is InChI=1S/C16H16N4O5/c1-7-10(15(23)20-19-7)11(8-3-5-9(25-2)6-4-8)12-13(21)17-16(24)18-14(12)22/h3-6,11H,1-2H3,(H2,19,20,23)(H3,17,18,21,22,24)/t11-/m1/s1. The van der Waals surface area contributed by atoms with Crippen LogP contribution in [-0.4, -0.2) is 27.3 Å². The van der Waals surface area contributed by atoms with Crippen molar-refractivity contribution in [2.24, 2.45) is 0 Å². The zero-order chi connectivity index (χ0) is 18.1. The Balaban J connectivity index is 2.30. The Morgan fingerprint density at radius 3 is 2.36 bits per heavy atom. The second kappa shape index (κ2) is 6.19. The van der Waals surface area contributed by atoms with E-state index >= 15 is 0 Å². The van der Waals surface area contributed by atoms with E-state index in [0.29, 0.717) is 22.6 Å². The fourth-order valence-corrected chi connectivity index (χ4v) is 2.83. The quantitative estimate of drug-likeness (QED) is 0.503. The van der Waals surface area contributed by atoms with Gasteiger partial charge < -0.3 is 19.9 Å². The lowest BCUT2D eigenvalue weighted by Crippen LogP contribution is -2.30. The Hall–Kier alpha value is -3.49. The maximum absolute atomic E-state index is 12.3. The van der Waals surface area contributed by atoms with Gasteiger partial charge in [-0.1, -0.05) is 17.2 Å². The van der Waals surface area contributed by atoms with Crippen LogP contribution >= 0.6 is 0 Å². The van der Waals surface area contributed by atoms with Crippen LogP contribution in [0, 0.1) is 6.92 Å². The average Bonchev–Trinajstić information content (AvgIpc) is 2.90. The molecule has 0 unspecified atom stereocenters. The summed E-state index contributed by atoms with van der Waals surface area (Å²) in [4.78, 5) is 27.8. The number of rotatable bonds is 4. The number of hydrogen-bond acceptors (Lipinski definition) is 5. The van der Waals surface area contributed by atoms with Gasteiger partial charge in [0.1, 0.15) is 11.3 Å². The van der Waals surface area contributed by atoms with Crippen molar-refractivity contribution in [3.8, 4) is 17.5 Å². The van der Waals surface area contributed by atoms with Gasteiger partial charge in [-0.25, -0.2) is 4.79 Å². The van der Waals surface area contributed by atoms with Crippen LogP contribution in [0.2, 0.25) is 0 Å². The average molecular weight is 344 g/mol. The molecule has 0 spiro atoms. The van der Waals surface area contributed by atoms with Crippen LogP contribution in [-0.2, 0) is 0 Å². The smallest absolute Gasteiger partial charge is 0.393 e. The van der Waals surface area contributed by atoms with Crippen molar-refractivity contribution in [3.05, 3.63) is 67.5 Å². The highest BCUT2D eigenvalue weighted by Gasteiger charge is 2.30. The molecule has 0 amide bonds. The van der Waals surface area contributed by atoms with E-state index in [1.165, 1.54) is 7.11 Å². The molecule has 25 heavy (non-hydrogen) atoms. The first-order valence-corrected chi connectivity index (χ1v) is 7.39. The molecule has 9 heteroatoms.